The van der Waals surface area contributed by atoms with Gasteiger partial charge in [-0.05, 0) is 61.0 Å². The summed E-state index contributed by atoms with van der Waals surface area (Å²) in [6.45, 7) is 3.91. The maximum Gasteiger partial charge on any atom is 0.123 e. The monoisotopic (exact) mass is 309 g/mol. The fourth-order valence-corrected chi connectivity index (χ4v) is 2.93. The third-order valence-corrected chi connectivity index (χ3v) is 4.17. The van der Waals surface area contributed by atoms with Gasteiger partial charge in [-0.3, -0.25) is 0 Å². The minimum atomic E-state index is -0.213. The van der Waals surface area contributed by atoms with Gasteiger partial charge in [-0.2, -0.15) is 0 Å². The first-order valence-electron chi connectivity index (χ1n) is 6.61. The summed E-state index contributed by atoms with van der Waals surface area (Å²) < 4.78 is 12.9. The van der Waals surface area contributed by atoms with Gasteiger partial charge in [-0.1, -0.05) is 30.3 Å². The molecule has 2 aromatic carbocycles. The van der Waals surface area contributed by atoms with Crippen LogP contribution in [0.2, 0.25) is 5.02 Å². The van der Waals surface area contributed by atoms with Gasteiger partial charge in [0.15, 0.2) is 0 Å². The third-order valence-electron chi connectivity index (χ3n) is 2.81. The van der Waals surface area contributed by atoms with Gasteiger partial charge in [-0.25, -0.2) is 4.39 Å². The molecule has 1 N–H and O–H groups in total. The van der Waals surface area contributed by atoms with E-state index < -0.39 is 0 Å². The lowest BCUT2D eigenvalue weighted by molar-refractivity contribution is 0.626. The molecule has 0 spiro atoms. The van der Waals surface area contributed by atoms with Gasteiger partial charge < -0.3 is 5.32 Å². The van der Waals surface area contributed by atoms with Crippen LogP contribution in [0.1, 0.15) is 18.9 Å². The molecule has 0 unspecified atom stereocenters. The van der Waals surface area contributed by atoms with Crippen molar-refractivity contribution >= 4 is 23.4 Å². The Kier molecular flexibility index (Phi) is 5.89. The lowest BCUT2D eigenvalue weighted by atomic mass is 10.2. The second-order valence-corrected chi connectivity index (χ2v) is 6.04. The molecule has 106 valence electrons. The standard InChI is InChI=1S/C16H17ClFNS/c1-2-9-19-11-12-10-13(17)3-8-16(12)20-15-6-4-14(18)5-7-15/h3-8,10,19H,2,9,11H2,1H3. The summed E-state index contributed by atoms with van der Waals surface area (Å²) >= 11 is 7.69. The predicted molar refractivity (Wildman–Crippen MR) is 84.0 cm³/mol. The second-order valence-electron chi connectivity index (χ2n) is 4.48. The largest absolute Gasteiger partial charge is 0.313 e. The molecule has 0 heterocycles. The average Bonchev–Trinajstić information content (AvgIpc) is 2.44. The molecule has 0 aliphatic rings. The molecule has 0 amide bonds. The van der Waals surface area contributed by atoms with E-state index in [-0.39, 0.29) is 5.82 Å². The zero-order chi connectivity index (χ0) is 14.4. The van der Waals surface area contributed by atoms with Crippen LogP contribution in [-0.4, -0.2) is 6.54 Å². The van der Waals surface area contributed by atoms with Gasteiger partial charge in [0, 0.05) is 21.4 Å². The number of rotatable bonds is 6. The minimum Gasteiger partial charge on any atom is -0.313 e. The topological polar surface area (TPSA) is 12.0 Å². The van der Waals surface area contributed by atoms with Crippen molar-refractivity contribution in [1.29, 1.82) is 0 Å². The van der Waals surface area contributed by atoms with E-state index in [0.717, 1.165) is 34.3 Å². The lowest BCUT2D eigenvalue weighted by Gasteiger charge is -2.10. The maximum absolute atomic E-state index is 12.9. The number of halogens is 2. The molecule has 20 heavy (non-hydrogen) atoms. The smallest absolute Gasteiger partial charge is 0.123 e. The van der Waals surface area contributed by atoms with E-state index in [0.29, 0.717) is 0 Å². The summed E-state index contributed by atoms with van der Waals surface area (Å²) in [4.78, 5) is 2.16. The van der Waals surface area contributed by atoms with Crippen LogP contribution in [0.3, 0.4) is 0 Å². The second kappa shape index (κ2) is 7.67. The van der Waals surface area contributed by atoms with E-state index in [1.165, 1.54) is 17.7 Å². The fourth-order valence-electron chi connectivity index (χ4n) is 1.82. The minimum absolute atomic E-state index is 0.213. The van der Waals surface area contributed by atoms with Crippen molar-refractivity contribution in [3.8, 4) is 0 Å². The van der Waals surface area contributed by atoms with E-state index in [1.807, 2.05) is 18.2 Å². The van der Waals surface area contributed by atoms with Crippen LogP contribution >= 0.6 is 23.4 Å². The Bertz CT molecular complexity index is 557. The van der Waals surface area contributed by atoms with Gasteiger partial charge in [0.25, 0.3) is 0 Å². The summed E-state index contributed by atoms with van der Waals surface area (Å²) in [6, 6.07) is 12.4. The van der Waals surface area contributed by atoms with E-state index >= 15 is 0 Å². The van der Waals surface area contributed by atoms with Crippen molar-refractivity contribution in [2.24, 2.45) is 0 Å². The Hall–Kier alpha value is -1.03. The fraction of sp³-hybridized carbons (Fsp3) is 0.250. The molecule has 2 aromatic rings. The number of hydrogen-bond donors (Lipinski definition) is 1. The molecule has 0 saturated carbocycles. The van der Waals surface area contributed by atoms with Crippen LogP contribution in [0.15, 0.2) is 52.3 Å². The van der Waals surface area contributed by atoms with Crippen LogP contribution in [0.4, 0.5) is 4.39 Å². The molecular weight excluding hydrogens is 293 g/mol. The van der Waals surface area contributed by atoms with E-state index in [4.69, 9.17) is 11.6 Å². The van der Waals surface area contributed by atoms with Crippen molar-refractivity contribution in [2.45, 2.75) is 29.7 Å². The first kappa shape index (κ1) is 15.4. The summed E-state index contributed by atoms with van der Waals surface area (Å²) in [5.41, 5.74) is 1.17. The van der Waals surface area contributed by atoms with Crippen LogP contribution in [-0.2, 0) is 6.54 Å². The van der Waals surface area contributed by atoms with E-state index in [2.05, 4.69) is 12.2 Å². The first-order valence-corrected chi connectivity index (χ1v) is 7.81. The van der Waals surface area contributed by atoms with Gasteiger partial charge >= 0.3 is 0 Å². The van der Waals surface area contributed by atoms with Crippen LogP contribution in [0.5, 0.6) is 0 Å². The molecule has 0 aromatic heterocycles. The van der Waals surface area contributed by atoms with Gasteiger partial charge in [0.05, 0.1) is 0 Å². The Labute approximate surface area is 128 Å². The highest BCUT2D eigenvalue weighted by atomic mass is 35.5. The number of benzene rings is 2. The van der Waals surface area contributed by atoms with Crippen molar-refractivity contribution in [3.05, 3.63) is 58.9 Å². The van der Waals surface area contributed by atoms with Crippen LogP contribution in [0.25, 0.3) is 0 Å². The molecule has 0 radical (unpaired) electrons. The zero-order valence-electron chi connectivity index (χ0n) is 11.3. The highest BCUT2D eigenvalue weighted by molar-refractivity contribution is 7.99. The molecule has 1 nitrogen and oxygen atoms in total. The summed E-state index contributed by atoms with van der Waals surface area (Å²) in [5.74, 6) is -0.213. The number of nitrogens with one attached hydrogen (secondary N) is 1. The number of hydrogen-bond acceptors (Lipinski definition) is 2. The lowest BCUT2D eigenvalue weighted by Crippen LogP contribution is -2.14. The normalized spacial score (nSPS) is 10.8. The van der Waals surface area contributed by atoms with Gasteiger partial charge in [0.1, 0.15) is 5.82 Å². The summed E-state index contributed by atoms with van der Waals surface area (Å²) in [6.07, 6.45) is 1.10. The highest BCUT2D eigenvalue weighted by Crippen LogP contribution is 2.32. The zero-order valence-corrected chi connectivity index (χ0v) is 12.9. The molecule has 0 aliphatic carbocycles. The van der Waals surface area contributed by atoms with Gasteiger partial charge in [-0.15, -0.1) is 0 Å². The molecule has 4 heteroatoms. The SMILES string of the molecule is CCCNCc1cc(Cl)ccc1Sc1ccc(F)cc1. The Balaban J connectivity index is 2.15. The Morgan fingerprint density at radius 3 is 2.60 bits per heavy atom. The molecule has 0 fully saturated rings. The van der Waals surface area contributed by atoms with E-state index in [9.17, 15) is 4.39 Å². The maximum atomic E-state index is 12.9. The molecule has 0 bridgehead atoms. The van der Waals surface area contributed by atoms with Crippen molar-refractivity contribution in [1.82, 2.24) is 5.32 Å². The van der Waals surface area contributed by atoms with Crippen LogP contribution in [0, 0.1) is 5.82 Å². The molecule has 0 atom stereocenters. The molecular formula is C16H17ClFNS. The molecule has 0 saturated heterocycles. The quantitative estimate of drug-likeness (QED) is 0.742. The van der Waals surface area contributed by atoms with Crippen molar-refractivity contribution in [3.63, 3.8) is 0 Å². The van der Waals surface area contributed by atoms with Crippen molar-refractivity contribution in [2.75, 3.05) is 6.54 Å². The third kappa shape index (κ3) is 4.51. The highest BCUT2D eigenvalue weighted by Gasteiger charge is 2.06. The summed E-state index contributed by atoms with van der Waals surface area (Å²) in [5, 5.41) is 4.12. The van der Waals surface area contributed by atoms with Crippen molar-refractivity contribution < 1.29 is 4.39 Å². The first-order chi connectivity index (χ1) is 9.69. The summed E-state index contributed by atoms with van der Waals surface area (Å²) in [7, 11) is 0. The van der Waals surface area contributed by atoms with Gasteiger partial charge in [0.2, 0.25) is 0 Å². The Morgan fingerprint density at radius 2 is 1.90 bits per heavy atom. The van der Waals surface area contributed by atoms with E-state index in [1.54, 1.807) is 23.9 Å². The Morgan fingerprint density at radius 1 is 1.15 bits per heavy atom. The molecule has 2 rings (SSSR count). The molecule has 0 aliphatic heterocycles. The average molecular weight is 310 g/mol. The predicted octanol–water partition coefficient (Wildman–Crippen LogP) is 5.13. The van der Waals surface area contributed by atoms with Crippen LogP contribution < -0.4 is 5.32 Å².